The number of carbonyl (C=O) groups excluding carboxylic acids is 1. The summed E-state index contributed by atoms with van der Waals surface area (Å²) in [5.41, 5.74) is 0.696. The van der Waals surface area contributed by atoms with Crippen molar-refractivity contribution in [1.82, 2.24) is 10.3 Å². The third-order valence-electron chi connectivity index (χ3n) is 4.33. The molecule has 108 valence electrons. The molecule has 0 bridgehead atoms. The summed E-state index contributed by atoms with van der Waals surface area (Å²) < 4.78 is 0. The van der Waals surface area contributed by atoms with Gasteiger partial charge in [0.05, 0.1) is 0 Å². The lowest BCUT2D eigenvalue weighted by Gasteiger charge is -2.16. The first-order valence-corrected chi connectivity index (χ1v) is 7.76. The third-order valence-corrected chi connectivity index (χ3v) is 4.33. The molecule has 3 rings (SSSR count). The van der Waals surface area contributed by atoms with E-state index < -0.39 is 0 Å². The molecule has 1 aromatic rings. The number of amides is 1. The Labute approximate surface area is 120 Å². The molecule has 0 spiro atoms. The summed E-state index contributed by atoms with van der Waals surface area (Å²) in [6.07, 6.45) is 7.12. The fraction of sp³-hybridized carbons (Fsp3) is 0.625. The predicted molar refractivity (Wildman–Crippen MR) is 79.7 cm³/mol. The SMILES string of the molecule is CCNc1cc(C(=O)NCC(C2CC2)C2CC2)ccn1. The average molecular weight is 273 g/mol. The van der Waals surface area contributed by atoms with Crippen molar-refractivity contribution in [3.63, 3.8) is 0 Å². The van der Waals surface area contributed by atoms with Gasteiger partial charge in [-0.15, -0.1) is 0 Å². The van der Waals surface area contributed by atoms with Gasteiger partial charge in [0.2, 0.25) is 0 Å². The van der Waals surface area contributed by atoms with Crippen LogP contribution in [0.15, 0.2) is 18.3 Å². The Morgan fingerprint density at radius 1 is 1.35 bits per heavy atom. The van der Waals surface area contributed by atoms with Crippen LogP contribution in [0.25, 0.3) is 0 Å². The van der Waals surface area contributed by atoms with E-state index in [4.69, 9.17) is 0 Å². The van der Waals surface area contributed by atoms with Gasteiger partial charge in [-0.1, -0.05) is 0 Å². The molecule has 0 atom stereocenters. The zero-order valence-corrected chi connectivity index (χ0v) is 12.1. The lowest BCUT2D eigenvalue weighted by atomic mass is 9.98. The second-order valence-corrected chi connectivity index (χ2v) is 6.01. The van der Waals surface area contributed by atoms with Crippen LogP contribution >= 0.6 is 0 Å². The van der Waals surface area contributed by atoms with Crippen molar-refractivity contribution < 1.29 is 4.79 Å². The molecule has 1 aromatic heterocycles. The summed E-state index contributed by atoms with van der Waals surface area (Å²) in [7, 11) is 0. The molecule has 2 aliphatic carbocycles. The van der Waals surface area contributed by atoms with E-state index in [1.54, 1.807) is 12.3 Å². The van der Waals surface area contributed by atoms with Crippen LogP contribution in [0.3, 0.4) is 0 Å². The Kier molecular flexibility index (Phi) is 3.90. The van der Waals surface area contributed by atoms with Crippen LogP contribution in [0.2, 0.25) is 0 Å². The summed E-state index contributed by atoms with van der Waals surface area (Å²) in [4.78, 5) is 16.4. The maximum absolute atomic E-state index is 12.2. The van der Waals surface area contributed by atoms with E-state index in [1.165, 1.54) is 25.7 Å². The van der Waals surface area contributed by atoms with Gasteiger partial charge in [-0.3, -0.25) is 4.79 Å². The molecule has 2 fully saturated rings. The number of nitrogens with zero attached hydrogens (tertiary/aromatic N) is 1. The molecule has 0 saturated heterocycles. The topological polar surface area (TPSA) is 54.0 Å². The minimum Gasteiger partial charge on any atom is -0.370 e. The smallest absolute Gasteiger partial charge is 0.251 e. The van der Waals surface area contributed by atoms with Crippen LogP contribution in [0.4, 0.5) is 5.82 Å². The largest absolute Gasteiger partial charge is 0.370 e. The van der Waals surface area contributed by atoms with Crippen molar-refractivity contribution in [3.8, 4) is 0 Å². The van der Waals surface area contributed by atoms with Crippen LogP contribution in [0.1, 0.15) is 43.0 Å². The lowest BCUT2D eigenvalue weighted by molar-refractivity contribution is 0.0943. The number of nitrogens with one attached hydrogen (secondary N) is 2. The van der Waals surface area contributed by atoms with E-state index in [0.29, 0.717) is 11.5 Å². The van der Waals surface area contributed by atoms with E-state index >= 15 is 0 Å². The molecular weight excluding hydrogens is 250 g/mol. The number of anilines is 1. The second-order valence-electron chi connectivity index (χ2n) is 6.01. The molecule has 0 aliphatic heterocycles. The normalized spacial score (nSPS) is 18.1. The van der Waals surface area contributed by atoms with E-state index in [1.807, 2.05) is 13.0 Å². The quantitative estimate of drug-likeness (QED) is 0.803. The molecule has 2 aliphatic rings. The number of rotatable bonds is 7. The van der Waals surface area contributed by atoms with Gasteiger partial charge in [0, 0.05) is 24.8 Å². The van der Waals surface area contributed by atoms with Gasteiger partial charge >= 0.3 is 0 Å². The number of carbonyl (C=O) groups is 1. The highest BCUT2D eigenvalue weighted by molar-refractivity contribution is 5.94. The first-order valence-electron chi connectivity index (χ1n) is 7.76. The Morgan fingerprint density at radius 3 is 2.65 bits per heavy atom. The van der Waals surface area contributed by atoms with Crippen molar-refractivity contribution in [3.05, 3.63) is 23.9 Å². The molecule has 4 nitrogen and oxygen atoms in total. The Morgan fingerprint density at radius 2 is 2.05 bits per heavy atom. The van der Waals surface area contributed by atoms with Gasteiger partial charge in [0.25, 0.3) is 5.91 Å². The zero-order valence-electron chi connectivity index (χ0n) is 12.1. The number of hydrogen-bond donors (Lipinski definition) is 2. The predicted octanol–water partition coefficient (Wildman–Crippen LogP) is 2.68. The van der Waals surface area contributed by atoms with Crippen molar-refractivity contribution in [2.24, 2.45) is 17.8 Å². The van der Waals surface area contributed by atoms with Crippen LogP contribution in [-0.2, 0) is 0 Å². The fourth-order valence-corrected chi connectivity index (χ4v) is 2.93. The van der Waals surface area contributed by atoms with Crippen LogP contribution in [0.5, 0.6) is 0 Å². The molecule has 0 unspecified atom stereocenters. The molecule has 2 saturated carbocycles. The first kappa shape index (κ1) is 13.4. The van der Waals surface area contributed by atoms with Crippen molar-refractivity contribution in [2.45, 2.75) is 32.6 Å². The van der Waals surface area contributed by atoms with Crippen LogP contribution in [-0.4, -0.2) is 24.0 Å². The molecule has 2 N–H and O–H groups in total. The summed E-state index contributed by atoms with van der Waals surface area (Å²) in [6, 6.07) is 3.60. The van der Waals surface area contributed by atoms with Gasteiger partial charge in [0.15, 0.2) is 0 Å². The standard InChI is InChI=1S/C16H23N3O/c1-2-17-15-9-13(7-8-18-15)16(20)19-10-14(11-3-4-11)12-5-6-12/h7-9,11-12,14H,2-6,10H2,1H3,(H,17,18)(H,19,20). The molecule has 1 heterocycles. The van der Waals surface area contributed by atoms with Crippen LogP contribution in [0, 0.1) is 17.8 Å². The Balaban J connectivity index is 1.56. The highest BCUT2D eigenvalue weighted by Crippen LogP contribution is 2.48. The summed E-state index contributed by atoms with van der Waals surface area (Å²) in [5, 5.41) is 6.25. The van der Waals surface area contributed by atoms with Crippen molar-refractivity contribution in [2.75, 3.05) is 18.4 Å². The molecule has 0 radical (unpaired) electrons. The van der Waals surface area contributed by atoms with Gasteiger partial charge in [-0.25, -0.2) is 4.98 Å². The molecule has 4 heteroatoms. The Bertz CT molecular complexity index is 468. The monoisotopic (exact) mass is 273 g/mol. The minimum atomic E-state index is 0.0258. The van der Waals surface area contributed by atoms with E-state index in [0.717, 1.165) is 30.7 Å². The molecular formula is C16H23N3O. The van der Waals surface area contributed by atoms with E-state index in [9.17, 15) is 4.79 Å². The van der Waals surface area contributed by atoms with E-state index in [2.05, 4.69) is 15.6 Å². The molecule has 1 amide bonds. The zero-order chi connectivity index (χ0) is 13.9. The van der Waals surface area contributed by atoms with E-state index in [-0.39, 0.29) is 5.91 Å². The van der Waals surface area contributed by atoms with Crippen molar-refractivity contribution >= 4 is 11.7 Å². The number of hydrogen-bond acceptors (Lipinski definition) is 3. The van der Waals surface area contributed by atoms with Gasteiger partial charge < -0.3 is 10.6 Å². The van der Waals surface area contributed by atoms with Crippen LogP contribution < -0.4 is 10.6 Å². The maximum Gasteiger partial charge on any atom is 0.251 e. The Hall–Kier alpha value is -1.58. The summed E-state index contributed by atoms with van der Waals surface area (Å²) in [6.45, 7) is 3.67. The second kappa shape index (κ2) is 5.81. The fourth-order valence-electron chi connectivity index (χ4n) is 2.93. The summed E-state index contributed by atoms with van der Waals surface area (Å²) >= 11 is 0. The van der Waals surface area contributed by atoms with Gasteiger partial charge in [-0.05, 0) is 62.5 Å². The highest BCUT2D eigenvalue weighted by atomic mass is 16.1. The van der Waals surface area contributed by atoms with Crippen molar-refractivity contribution in [1.29, 1.82) is 0 Å². The van der Waals surface area contributed by atoms with Gasteiger partial charge in [-0.2, -0.15) is 0 Å². The molecule has 0 aromatic carbocycles. The first-order chi connectivity index (χ1) is 9.78. The number of aromatic nitrogens is 1. The lowest BCUT2D eigenvalue weighted by Crippen LogP contribution is -2.31. The highest BCUT2D eigenvalue weighted by Gasteiger charge is 2.41. The maximum atomic E-state index is 12.2. The molecule has 20 heavy (non-hydrogen) atoms. The average Bonchev–Trinajstić information content (AvgIpc) is 3.33. The van der Waals surface area contributed by atoms with Gasteiger partial charge in [0.1, 0.15) is 5.82 Å². The summed E-state index contributed by atoms with van der Waals surface area (Å²) in [5.74, 6) is 3.25. The number of pyridine rings is 1. The third kappa shape index (κ3) is 3.30. The minimum absolute atomic E-state index is 0.0258.